The van der Waals surface area contributed by atoms with E-state index < -0.39 is 5.97 Å². The normalized spacial score (nSPS) is 16.3. The fourth-order valence-corrected chi connectivity index (χ4v) is 3.17. The highest BCUT2D eigenvalue weighted by Gasteiger charge is 2.30. The first kappa shape index (κ1) is 16.5. The van der Waals surface area contributed by atoms with E-state index in [1.165, 1.54) is 18.9 Å². The molecule has 1 aliphatic heterocycles. The summed E-state index contributed by atoms with van der Waals surface area (Å²) in [5, 5.41) is 0. The third-order valence-corrected chi connectivity index (χ3v) is 4.33. The van der Waals surface area contributed by atoms with Gasteiger partial charge in [-0.1, -0.05) is 36.1 Å². The molecular weight excluding hydrogens is 322 g/mol. The molecular formula is C15H15NO4S2. The zero-order valence-corrected chi connectivity index (χ0v) is 13.8. The van der Waals surface area contributed by atoms with Gasteiger partial charge < -0.3 is 9.47 Å². The maximum Gasteiger partial charge on any atom is 0.343 e. The number of thiocarbonyl (C=S) groups is 1. The maximum atomic E-state index is 12.1. The molecule has 0 spiro atoms. The van der Waals surface area contributed by atoms with E-state index in [0.717, 1.165) is 5.56 Å². The highest BCUT2D eigenvalue weighted by atomic mass is 32.2. The number of methoxy groups -OCH3 is 1. The number of nitrogens with zero attached hydrogens (tertiary/aromatic N) is 1. The van der Waals surface area contributed by atoms with Gasteiger partial charge in [-0.25, -0.2) is 4.79 Å². The summed E-state index contributed by atoms with van der Waals surface area (Å²) in [5.41, 5.74) is 0.863. The van der Waals surface area contributed by atoms with Crippen molar-refractivity contribution >= 4 is 46.3 Å². The molecule has 1 saturated heterocycles. The second kappa shape index (κ2) is 7.42. The van der Waals surface area contributed by atoms with E-state index >= 15 is 0 Å². The summed E-state index contributed by atoms with van der Waals surface area (Å²) in [4.78, 5) is 25.3. The average Bonchev–Trinajstić information content (AvgIpc) is 2.79. The van der Waals surface area contributed by atoms with Crippen LogP contribution in [-0.4, -0.2) is 41.4 Å². The Morgan fingerprint density at radius 3 is 2.59 bits per heavy atom. The minimum absolute atomic E-state index is 0.0662. The quantitative estimate of drug-likeness (QED) is 0.467. The van der Waals surface area contributed by atoms with Gasteiger partial charge in [-0.2, -0.15) is 0 Å². The van der Waals surface area contributed by atoms with Crippen molar-refractivity contribution in [2.75, 3.05) is 20.3 Å². The van der Waals surface area contributed by atoms with Crippen LogP contribution >= 0.6 is 24.0 Å². The molecule has 0 radical (unpaired) electrons. The molecule has 1 aromatic carbocycles. The highest BCUT2D eigenvalue weighted by molar-refractivity contribution is 8.26. The molecule has 1 amide bonds. The van der Waals surface area contributed by atoms with Gasteiger partial charge in [0.05, 0.1) is 12.0 Å². The topological polar surface area (TPSA) is 55.8 Å². The third-order valence-electron chi connectivity index (χ3n) is 2.95. The van der Waals surface area contributed by atoms with Crippen LogP contribution in [0.3, 0.4) is 0 Å². The van der Waals surface area contributed by atoms with Crippen molar-refractivity contribution in [2.45, 2.75) is 6.92 Å². The fraction of sp³-hybridized carbons (Fsp3) is 0.267. The van der Waals surface area contributed by atoms with Crippen molar-refractivity contribution in [1.29, 1.82) is 0 Å². The Bertz CT molecular complexity index is 625. The molecule has 1 fully saturated rings. The third kappa shape index (κ3) is 3.86. The maximum absolute atomic E-state index is 12.1. The van der Waals surface area contributed by atoms with Gasteiger partial charge in [-0.05, 0) is 30.7 Å². The van der Waals surface area contributed by atoms with Crippen LogP contribution in [0.4, 0.5) is 0 Å². The largest absolute Gasteiger partial charge is 0.482 e. The molecule has 0 aromatic heterocycles. The SMILES string of the molecule is CCN1C(=O)/C(=C/c2ccc(OCC(=O)OC)cc2)SC1=S. The van der Waals surface area contributed by atoms with Crippen molar-refractivity contribution in [2.24, 2.45) is 0 Å². The Balaban J connectivity index is 2.05. The van der Waals surface area contributed by atoms with Gasteiger partial charge in [0.25, 0.3) is 5.91 Å². The number of thioether (sulfide) groups is 1. The van der Waals surface area contributed by atoms with E-state index in [1.807, 2.05) is 19.1 Å². The number of amides is 1. The van der Waals surface area contributed by atoms with Gasteiger partial charge in [0, 0.05) is 6.54 Å². The molecule has 22 heavy (non-hydrogen) atoms. The van der Waals surface area contributed by atoms with Gasteiger partial charge in [-0.3, -0.25) is 9.69 Å². The first-order valence-corrected chi connectivity index (χ1v) is 7.82. The van der Waals surface area contributed by atoms with Gasteiger partial charge >= 0.3 is 5.97 Å². The number of hydrogen-bond donors (Lipinski definition) is 0. The molecule has 0 aliphatic carbocycles. The average molecular weight is 337 g/mol. The predicted molar refractivity (Wildman–Crippen MR) is 89.5 cm³/mol. The molecule has 0 bridgehead atoms. The molecule has 1 aromatic rings. The molecule has 1 aliphatic rings. The molecule has 0 unspecified atom stereocenters. The van der Waals surface area contributed by atoms with E-state index in [9.17, 15) is 9.59 Å². The van der Waals surface area contributed by atoms with Crippen molar-refractivity contribution in [3.8, 4) is 5.75 Å². The molecule has 5 nitrogen and oxygen atoms in total. The number of ether oxygens (including phenoxy) is 2. The Morgan fingerprint density at radius 2 is 2.05 bits per heavy atom. The summed E-state index contributed by atoms with van der Waals surface area (Å²) in [6, 6.07) is 7.08. The Hall–Kier alpha value is -1.86. The van der Waals surface area contributed by atoms with E-state index in [4.69, 9.17) is 17.0 Å². The second-order valence-electron chi connectivity index (χ2n) is 4.36. The summed E-state index contributed by atoms with van der Waals surface area (Å²) in [7, 11) is 1.31. The number of carbonyl (C=O) groups excluding carboxylic acids is 2. The van der Waals surface area contributed by atoms with Gasteiger partial charge in [-0.15, -0.1) is 0 Å². The van der Waals surface area contributed by atoms with E-state index in [-0.39, 0.29) is 12.5 Å². The Morgan fingerprint density at radius 1 is 1.36 bits per heavy atom. The van der Waals surface area contributed by atoms with E-state index in [1.54, 1.807) is 23.1 Å². The smallest absolute Gasteiger partial charge is 0.343 e. The van der Waals surface area contributed by atoms with Crippen molar-refractivity contribution in [3.05, 3.63) is 34.7 Å². The minimum Gasteiger partial charge on any atom is -0.482 e. The summed E-state index contributed by atoms with van der Waals surface area (Å²) in [5.74, 6) is 0.0551. The van der Waals surface area contributed by atoms with Crippen LogP contribution in [0.2, 0.25) is 0 Å². The Labute approximate surface area is 138 Å². The second-order valence-corrected chi connectivity index (χ2v) is 6.04. The standard InChI is InChI=1S/C15H15NO4S2/c1-3-16-14(18)12(22-15(16)21)8-10-4-6-11(7-5-10)20-9-13(17)19-2/h4-8H,3,9H2,1-2H3/b12-8-. The number of rotatable bonds is 5. The molecule has 0 atom stereocenters. The Kier molecular flexibility index (Phi) is 5.57. The zero-order valence-electron chi connectivity index (χ0n) is 12.2. The van der Waals surface area contributed by atoms with Crippen LogP contribution in [-0.2, 0) is 14.3 Å². The summed E-state index contributed by atoms with van der Waals surface area (Å²) in [6.45, 7) is 2.33. The van der Waals surface area contributed by atoms with Crippen LogP contribution in [0.5, 0.6) is 5.75 Å². The van der Waals surface area contributed by atoms with Gasteiger partial charge in [0.1, 0.15) is 10.1 Å². The van der Waals surface area contributed by atoms with Crippen molar-refractivity contribution < 1.29 is 19.1 Å². The highest BCUT2D eigenvalue weighted by Crippen LogP contribution is 2.32. The number of hydrogen-bond acceptors (Lipinski definition) is 6. The lowest BCUT2D eigenvalue weighted by molar-refractivity contribution is -0.142. The van der Waals surface area contributed by atoms with Crippen LogP contribution in [0, 0.1) is 0 Å². The molecule has 116 valence electrons. The summed E-state index contributed by atoms with van der Waals surface area (Å²) in [6.07, 6.45) is 1.79. The predicted octanol–water partition coefficient (Wildman–Crippen LogP) is 2.46. The lowest BCUT2D eigenvalue weighted by Gasteiger charge is -2.09. The summed E-state index contributed by atoms with van der Waals surface area (Å²) >= 11 is 6.46. The van der Waals surface area contributed by atoms with Crippen LogP contribution in [0.15, 0.2) is 29.2 Å². The van der Waals surface area contributed by atoms with E-state index in [0.29, 0.717) is 21.5 Å². The van der Waals surface area contributed by atoms with Crippen LogP contribution in [0.25, 0.3) is 6.08 Å². The molecule has 0 saturated carbocycles. The number of benzene rings is 1. The monoisotopic (exact) mass is 337 g/mol. The number of esters is 1. The lowest BCUT2D eigenvalue weighted by Crippen LogP contribution is -2.27. The zero-order chi connectivity index (χ0) is 16.1. The van der Waals surface area contributed by atoms with Crippen LogP contribution in [0.1, 0.15) is 12.5 Å². The number of carbonyl (C=O) groups is 2. The fourth-order valence-electron chi connectivity index (χ4n) is 1.79. The lowest BCUT2D eigenvalue weighted by atomic mass is 10.2. The summed E-state index contributed by atoms with van der Waals surface area (Å²) < 4.78 is 10.3. The van der Waals surface area contributed by atoms with E-state index in [2.05, 4.69) is 4.74 Å². The molecule has 2 rings (SSSR count). The van der Waals surface area contributed by atoms with Crippen molar-refractivity contribution in [1.82, 2.24) is 4.90 Å². The number of likely N-dealkylation sites (N-methyl/N-ethyl adjacent to an activating group) is 1. The van der Waals surface area contributed by atoms with Gasteiger partial charge in [0.15, 0.2) is 6.61 Å². The van der Waals surface area contributed by atoms with Crippen molar-refractivity contribution in [3.63, 3.8) is 0 Å². The molecule has 0 N–H and O–H groups in total. The first-order chi connectivity index (χ1) is 10.5. The molecule has 1 heterocycles. The van der Waals surface area contributed by atoms with Gasteiger partial charge in [0.2, 0.25) is 0 Å². The first-order valence-electron chi connectivity index (χ1n) is 6.60. The molecule has 7 heteroatoms. The van der Waals surface area contributed by atoms with Crippen LogP contribution < -0.4 is 4.74 Å². The minimum atomic E-state index is -0.438.